The van der Waals surface area contributed by atoms with Crippen molar-refractivity contribution >= 4 is 15.9 Å². The fourth-order valence-corrected chi connectivity index (χ4v) is 3.19. The number of amides is 1. The maximum Gasteiger partial charge on any atom is 0.240 e. The predicted octanol–water partition coefficient (Wildman–Crippen LogP) is 1.80. The van der Waals surface area contributed by atoms with Crippen LogP contribution in [-0.4, -0.2) is 40.6 Å². The molecule has 1 atom stereocenters. The molecule has 0 heterocycles. The summed E-state index contributed by atoms with van der Waals surface area (Å²) in [6, 6.07) is 6.69. The van der Waals surface area contributed by atoms with E-state index in [9.17, 15) is 13.2 Å². The van der Waals surface area contributed by atoms with Crippen LogP contribution in [0.3, 0.4) is 0 Å². The number of nitrogens with one attached hydrogen (secondary N) is 2. The van der Waals surface area contributed by atoms with E-state index in [0.29, 0.717) is 6.61 Å². The zero-order valence-electron chi connectivity index (χ0n) is 15.0. The van der Waals surface area contributed by atoms with E-state index in [1.807, 2.05) is 19.1 Å². The lowest BCUT2D eigenvalue weighted by Gasteiger charge is -2.19. The minimum atomic E-state index is -3.61. The Kier molecular flexibility index (Phi) is 7.38. The first-order valence-corrected chi connectivity index (χ1v) is 9.43. The molecule has 1 aromatic rings. The molecule has 0 radical (unpaired) electrons. The summed E-state index contributed by atoms with van der Waals surface area (Å²) in [4.78, 5) is 11.9. The van der Waals surface area contributed by atoms with Gasteiger partial charge in [-0.15, -0.1) is 0 Å². The van der Waals surface area contributed by atoms with E-state index in [1.54, 1.807) is 19.2 Å². The second-order valence-corrected chi connectivity index (χ2v) is 8.61. The molecule has 136 valence electrons. The maximum absolute atomic E-state index is 12.2. The van der Waals surface area contributed by atoms with Gasteiger partial charge in [0, 0.05) is 26.1 Å². The quantitative estimate of drug-likeness (QED) is 0.744. The number of ether oxygens (including phenoxy) is 1. The van der Waals surface area contributed by atoms with Crippen molar-refractivity contribution in [3.05, 3.63) is 29.8 Å². The van der Waals surface area contributed by atoms with Crippen molar-refractivity contribution < 1.29 is 17.9 Å². The number of rotatable bonds is 8. The highest BCUT2D eigenvalue weighted by atomic mass is 32.2. The minimum Gasteiger partial charge on any atom is -0.383 e. The molecule has 0 aliphatic carbocycles. The van der Waals surface area contributed by atoms with Gasteiger partial charge in [0.25, 0.3) is 0 Å². The van der Waals surface area contributed by atoms with E-state index in [2.05, 4.69) is 30.8 Å². The van der Waals surface area contributed by atoms with Crippen molar-refractivity contribution in [3.63, 3.8) is 0 Å². The Bertz CT molecular complexity index is 634. The van der Waals surface area contributed by atoms with Gasteiger partial charge in [0.15, 0.2) is 0 Å². The van der Waals surface area contributed by atoms with Crippen LogP contribution < -0.4 is 10.0 Å². The van der Waals surface area contributed by atoms with E-state index in [4.69, 9.17) is 4.74 Å². The number of benzene rings is 1. The van der Waals surface area contributed by atoms with Gasteiger partial charge in [0.05, 0.1) is 11.5 Å². The molecular weight excluding hydrogens is 328 g/mol. The summed E-state index contributed by atoms with van der Waals surface area (Å²) in [5.41, 5.74) is 1.03. The molecule has 24 heavy (non-hydrogen) atoms. The summed E-state index contributed by atoms with van der Waals surface area (Å²) in [7, 11) is -2.05. The van der Waals surface area contributed by atoms with Crippen LogP contribution in [0.5, 0.6) is 0 Å². The third-order valence-corrected chi connectivity index (χ3v) is 4.98. The maximum atomic E-state index is 12.2. The number of carbonyl (C=O) groups excluding carboxylic acids is 1. The first-order valence-electron chi connectivity index (χ1n) is 7.95. The van der Waals surface area contributed by atoms with E-state index >= 15 is 0 Å². The molecule has 0 saturated heterocycles. The van der Waals surface area contributed by atoms with Crippen molar-refractivity contribution in [2.75, 3.05) is 20.3 Å². The lowest BCUT2D eigenvalue weighted by Crippen LogP contribution is -2.37. The van der Waals surface area contributed by atoms with Crippen LogP contribution in [0.25, 0.3) is 0 Å². The highest BCUT2D eigenvalue weighted by molar-refractivity contribution is 7.89. The largest absolute Gasteiger partial charge is 0.383 e. The van der Waals surface area contributed by atoms with Crippen LogP contribution in [0.2, 0.25) is 0 Å². The monoisotopic (exact) mass is 356 g/mol. The summed E-state index contributed by atoms with van der Waals surface area (Å²) < 4.78 is 31.9. The zero-order chi connectivity index (χ0) is 18.4. The SMILES string of the molecule is COCC(C)NC(=O)CCNS(=O)(=O)c1ccc(C(C)(C)C)cc1. The Labute approximate surface area is 145 Å². The number of sulfonamides is 1. The van der Waals surface area contributed by atoms with E-state index in [1.165, 1.54) is 0 Å². The molecule has 1 amide bonds. The van der Waals surface area contributed by atoms with E-state index in [-0.39, 0.29) is 35.2 Å². The molecule has 0 aliphatic rings. The standard InChI is InChI=1S/C17H28N2O4S/c1-13(12-23-5)19-16(20)10-11-18-24(21,22)15-8-6-14(7-9-15)17(2,3)4/h6-9,13,18H,10-12H2,1-5H3,(H,19,20). The average Bonchev–Trinajstić information content (AvgIpc) is 2.46. The molecule has 0 aromatic heterocycles. The van der Waals surface area contributed by atoms with Crippen LogP contribution in [-0.2, 0) is 25.0 Å². The molecular formula is C17H28N2O4S. The Balaban J connectivity index is 2.56. The summed E-state index contributed by atoms with van der Waals surface area (Å²) >= 11 is 0. The smallest absolute Gasteiger partial charge is 0.240 e. The molecule has 1 unspecified atom stereocenters. The van der Waals surface area contributed by atoms with Crippen molar-refractivity contribution in [2.45, 2.75) is 50.5 Å². The van der Waals surface area contributed by atoms with Crippen LogP contribution in [0.1, 0.15) is 39.7 Å². The van der Waals surface area contributed by atoms with E-state index in [0.717, 1.165) is 5.56 Å². The summed E-state index contributed by atoms with van der Waals surface area (Å²) in [5.74, 6) is -0.217. The van der Waals surface area contributed by atoms with Gasteiger partial charge in [-0.1, -0.05) is 32.9 Å². The fourth-order valence-electron chi connectivity index (χ4n) is 2.16. The van der Waals surface area contributed by atoms with Crippen LogP contribution >= 0.6 is 0 Å². The second kappa shape index (κ2) is 8.60. The molecule has 0 bridgehead atoms. The summed E-state index contributed by atoms with van der Waals surface area (Å²) in [5, 5.41) is 2.73. The number of carbonyl (C=O) groups is 1. The third-order valence-electron chi connectivity index (χ3n) is 3.50. The lowest BCUT2D eigenvalue weighted by molar-refractivity contribution is -0.121. The zero-order valence-corrected chi connectivity index (χ0v) is 15.9. The van der Waals surface area contributed by atoms with Gasteiger partial charge in [-0.05, 0) is 30.0 Å². The highest BCUT2D eigenvalue weighted by Gasteiger charge is 2.17. The molecule has 1 aromatic carbocycles. The second-order valence-electron chi connectivity index (χ2n) is 6.85. The van der Waals surface area contributed by atoms with E-state index < -0.39 is 10.0 Å². The third kappa shape index (κ3) is 6.59. The normalized spacial score (nSPS) is 13.5. The average molecular weight is 356 g/mol. The Morgan fingerprint density at radius 1 is 1.21 bits per heavy atom. The van der Waals surface area contributed by atoms with Gasteiger partial charge in [0.2, 0.25) is 15.9 Å². The van der Waals surface area contributed by atoms with Crippen molar-refractivity contribution in [1.29, 1.82) is 0 Å². The van der Waals surface area contributed by atoms with Gasteiger partial charge < -0.3 is 10.1 Å². The van der Waals surface area contributed by atoms with Crippen LogP contribution in [0, 0.1) is 0 Å². The number of hydrogen-bond donors (Lipinski definition) is 2. The first kappa shape index (κ1) is 20.6. The molecule has 0 aliphatic heterocycles. The Morgan fingerprint density at radius 2 is 1.79 bits per heavy atom. The first-order chi connectivity index (χ1) is 11.1. The topological polar surface area (TPSA) is 84.5 Å². The molecule has 7 heteroatoms. The van der Waals surface area contributed by atoms with Crippen LogP contribution in [0.4, 0.5) is 0 Å². The fraction of sp³-hybridized carbons (Fsp3) is 0.588. The number of hydrogen-bond acceptors (Lipinski definition) is 4. The van der Waals surface area contributed by atoms with Crippen LogP contribution in [0.15, 0.2) is 29.2 Å². The van der Waals surface area contributed by atoms with Gasteiger partial charge >= 0.3 is 0 Å². The predicted molar refractivity (Wildman–Crippen MR) is 94.4 cm³/mol. The Morgan fingerprint density at radius 3 is 2.29 bits per heavy atom. The molecule has 1 rings (SSSR count). The molecule has 0 fully saturated rings. The summed E-state index contributed by atoms with van der Waals surface area (Å²) in [6.07, 6.45) is 0.0767. The van der Waals surface area contributed by atoms with Gasteiger partial charge in [-0.2, -0.15) is 0 Å². The minimum absolute atomic E-state index is 0.0350. The molecule has 6 nitrogen and oxygen atoms in total. The summed E-state index contributed by atoms with van der Waals surface area (Å²) in [6.45, 7) is 8.49. The van der Waals surface area contributed by atoms with Gasteiger partial charge in [-0.3, -0.25) is 4.79 Å². The van der Waals surface area contributed by atoms with Crippen molar-refractivity contribution in [3.8, 4) is 0 Å². The van der Waals surface area contributed by atoms with Gasteiger partial charge in [0.1, 0.15) is 0 Å². The van der Waals surface area contributed by atoms with Gasteiger partial charge in [-0.25, -0.2) is 13.1 Å². The highest BCUT2D eigenvalue weighted by Crippen LogP contribution is 2.23. The molecule has 0 spiro atoms. The van der Waals surface area contributed by atoms with Crippen molar-refractivity contribution in [1.82, 2.24) is 10.0 Å². The van der Waals surface area contributed by atoms with Crippen molar-refractivity contribution in [2.24, 2.45) is 0 Å². The number of methoxy groups -OCH3 is 1. The Hall–Kier alpha value is -1.44. The molecule has 0 saturated carbocycles. The molecule has 2 N–H and O–H groups in total. The lowest BCUT2D eigenvalue weighted by atomic mass is 9.87.